The average Bonchev–Trinajstić information content (AvgIpc) is 3.19. The van der Waals surface area contributed by atoms with Crippen molar-refractivity contribution in [2.45, 2.75) is 39.2 Å². The molecule has 1 aliphatic rings. The van der Waals surface area contributed by atoms with E-state index < -0.39 is 0 Å². The largest absolute Gasteiger partial charge is 0.364 e. The molecule has 0 amide bonds. The van der Waals surface area contributed by atoms with Gasteiger partial charge in [-0.15, -0.1) is 0 Å². The van der Waals surface area contributed by atoms with Gasteiger partial charge in [0.25, 0.3) is 0 Å². The van der Waals surface area contributed by atoms with Gasteiger partial charge in [-0.05, 0) is 23.0 Å². The Labute approximate surface area is 168 Å². The zero-order chi connectivity index (χ0) is 20.0. The molecule has 2 heterocycles. The molecular formula is C22H33N5O. The summed E-state index contributed by atoms with van der Waals surface area (Å²) in [5, 5.41) is 7.53. The molecule has 1 aliphatic heterocycles. The maximum atomic E-state index is 4.92. The number of guanidine groups is 1. The molecule has 6 nitrogen and oxygen atoms in total. The maximum Gasteiger partial charge on any atom is 0.193 e. The molecule has 2 aromatic rings. The molecule has 6 heteroatoms. The van der Waals surface area contributed by atoms with Crippen LogP contribution in [0.1, 0.15) is 37.6 Å². The average molecular weight is 384 g/mol. The van der Waals surface area contributed by atoms with E-state index in [1.807, 2.05) is 13.1 Å². The third-order valence-electron chi connectivity index (χ3n) is 5.28. The number of hydrogen-bond donors (Lipinski definition) is 1. The molecule has 152 valence electrons. The Morgan fingerprint density at radius 1 is 1.11 bits per heavy atom. The molecule has 1 aromatic heterocycles. The van der Waals surface area contributed by atoms with Crippen molar-refractivity contribution in [2.75, 3.05) is 39.8 Å². The van der Waals surface area contributed by atoms with Gasteiger partial charge in [0.05, 0.1) is 5.69 Å². The second-order valence-corrected chi connectivity index (χ2v) is 8.42. The van der Waals surface area contributed by atoms with Crippen LogP contribution < -0.4 is 5.32 Å². The number of benzene rings is 1. The summed E-state index contributed by atoms with van der Waals surface area (Å²) in [5.74, 6) is 0.993. The van der Waals surface area contributed by atoms with Crippen LogP contribution in [0.5, 0.6) is 0 Å². The van der Waals surface area contributed by atoms with Crippen LogP contribution in [-0.2, 0) is 18.4 Å². The van der Waals surface area contributed by atoms with Crippen molar-refractivity contribution in [1.29, 1.82) is 0 Å². The Morgan fingerprint density at radius 2 is 1.82 bits per heavy atom. The summed E-state index contributed by atoms with van der Waals surface area (Å²) >= 11 is 0. The summed E-state index contributed by atoms with van der Waals surface area (Å²) in [6.45, 7) is 12.4. The highest BCUT2D eigenvalue weighted by Crippen LogP contribution is 2.22. The van der Waals surface area contributed by atoms with Crippen molar-refractivity contribution in [3.63, 3.8) is 0 Å². The molecule has 0 radical (unpaired) electrons. The lowest BCUT2D eigenvalue weighted by molar-refractivity contribution is 0.169. The lowest BCUT2D eigenvalue weighted by Crippen LogP contribution is -2.52. The summed E-state index contributed by atoms with van der Waals surface area (Å²) in [6.07, 6.45) is 2.63. The molecule has 3 rings (SSSR count). The van der Waals surface area contributed by atoms with Crippen LogP contribution in [0.3, 0.4) is 0 Å². The summed E-state index contributed by atoms with van der Waals surface area (Å²) < 4.78 is 4.92. The Hall–Kier alpha value is -2.34. The fourth-order valence-electron chi connectivity index (χ4n) is 3.49. The van der Waals surface area contributed by atoms with Gasteiger partial charge < -0.3 is 14.7 Å². The number of rotatable bonds is 5. The normalized spacial score (nSPS) is 16.4. The highest BCUT2D eigenvalue weighted by atomic mass is 16.5. The lowest BCUT2D eigenvalue weighted by Gasteiger charge is -2.36. The van der Waals surface area contributed by atoms with Crippen molar-refractivity contribution in [1.82, 2.24) is 20.3 Å². The number of nitrogens with zero attached hydrogens (tertiary/aromatic N) is 4. The van der Waals surface area contributed by atoms with Crippen molar-refractivity contribution in [2.24, 2.45) is 4.99 Å². The first-order valence-electron chi connectivity index (χ1n) is 10.1. The van der Waals surface area contributed by atoms with Crippen LogP contribution in [0.4, 0.5) is 0 Å². The predicted molar refractivity (Wildman–Crippen MR) is 114 cm³/mol. The Morgan fingerprint density at radius 3 is 2.39 bits per heavy atom. The fourth-order valence-corrected chi connectivity index (χ4v) is 3.49. The van der Waals surface area contributed by atoms with Crippen LogP contribution in [-0.4, -0.2) is 60.7 Å². The molecule has 0 aliphatic carbocycles. The first kappa shape index (κ1) is 20.4. The zero-order valence-electron chi connectivity index (χ0n) is 17.6. The van der Waals surface area contributed by atoms with Crippen LogP contribution >= 0.6 is 0 Å². The standard InChI is InChI=1S/C22H33N5O/c1-22(2,3)19-7-5-18(6-8-19)9-11-24-21(23-4)27-14-12-26(13-15-27)17-20-10-16-28-25-20/h5-8,10,16H,9,11-15,17H2,1-4H3,(H,23,24). The van der Waals surface area contributed by atoms with Gasteiger partial charge in [-0.2, -0.15) is 0 Å². The summed E-state index contributed by atoms with van der Waals surface area (Å²) in [7, 11) is 1.86. The minimum atomic E-state index is 0.203. The van der Waals surface area contributed by atoms with E-state index in [4.69, 9.17) is 4.52 Å². The summed E-state index contributed by atoms with van der Waals surface area (Å²) in [5.41, 5.74) is 3.93. The summed E-state index contributed by atoms with van der Waals surface area (Å²) in [6, 6.07) is 10.9. The highest BCUT2D eigenvalue weighted by molar-refractivity contribution is 5.80. The van der Waals surface area contributed by atoms with E-state index in [9.17, 15) is 0 Å². The quantitative estimate of drug-likeness (QED) is 0.636. The van der Waals surface area contributed by atoms with Crippen LogP contribution in [0, 0.1) is 0 Å². The molecule has 1 fully saturated rings. The maximum absolute atomic E-state index is 4.92. The SMILES string of the molecule is CN=C(NCCc1ccc(C(C)(C)C)cc1)N1CCN(Cc2ccon2)CC1. The van der Waals surface area contributed by atoms with E-state index >= 15 is 0 Å². The van der Waals surface area contributed by atoms with Crippen LogP contribution in [0.15, 0.2) is 46.1 Å². The van der Waals surface area contributed by atoms with Gasteiger partial charge in [-0.3, -0.25) is 9.89 Å². The molecule has 1 N–H and O–H groups in total. The third-order valence-corrected chi connectivity index (χ3v) is 5.28. The first-order chi connectivity index (χ1) is 13.5. The number of aromatic nitrogens is 1. The molecule has 0 atom stereocenters. The Bertz CT molecular complexity index is 738. The summed E-state index contributed by atoms with van der Waals surface area (Å²) in [4.78, 5) is 9.21. The molecule has 1 aromatic carbocycles. The third kappa shape index (κ3) is 5.58. The van der Waals surface area contributed by atoms with Gasteiger partial charge in [0.15, 0.2) is 5.96 Å². The van der Waals surface area contributed by atoms with E-state index in [1.165, 1.54) is 11.1 Å². The van der Waals surface area contributed by atoms with E-state index in [0.717, 1.165) is 57.3 Å². The van der Waals surface area contributed by atoms with Crippen molar-refractivity contribution < 1.29 is 4.52 Å². The Balaban J connectivity index is 1.42. The van der Waals surface area contributed by atoms with Gasteiger partial charge in [-0.1, -0.05) is 50.2 Å². The Kier molecular flexibility index (Phi) is 6.73. The predicted octanol–water partition coefficient (Wildman–Crippen LogP) is 2.91. The van der Waals surface area contributed by atoms with Crippen LogP contribution in [0.2, 0.25) is 0 Å². The van der Waals surface area contributed by atoms with Gasteiger partial charge in [0, 0.05) is 52.4 Å². The smallest absolute Gasteiger partial charge is 0.193 e. The fraction of sp³-hybridized carbons (Fsp3) is 0.545. The second-order valence-electron chi connectivity index (χ2n) is 8.42. The van der Waals surface area contributed by atoms with Crippen molar-refractivity contribution in [3.05, 3.63) is 53.4 Å². The van der Waals surface area contributed by atoms with Gasteiger partial charge >= 0.3 is 0 Å². The molecule has 0 spiro atoms. The number of aliphatic imine (C=N–C) groups is 1. The second kappa shape index (κ2) is 9.24. The number of hydrogen-bond acceptors (Lipinski definition) is 4. The minimum Gasteiger partial charge on any atom is -0.364 e. The van der Waals surface area contributed by atoms with Gasteiger partial charge in [0.2, 0.25) is 0 Å². The number of nitrogens with one attached hydrogen (secondary N) is 1. The minimum absolute atomic E-state index is 0.203. The van der Waals surface area contributed by atoms with Crippen LogP contribution in [0.25, 0.3) is 0 Å². The van der Waals surface area contributed by atoms with E-state index in [0.29, 0.717) is 0 Å². The first-order valence-corrected chi connectivity index (χ1v) is 10.1. The van der Waals surface area contributed by atoms with E-state index in [2.05, 4.69) is 70.3 Å². The number of piperazine rings is 1. The lowest BCUT2D eigenvalue weighted by atomic mass is 9.86. The van der Waals surface area contributed by atoms with Crippen molar-refractivity contribution in [3.8, 4) is 0 Å². The molecular weight excluding hydrogens is 350 g/mol. The molecule has 0 saturated carbocycles. The van der Waals surface area contributed by atoms with E-state index in [1.54, 1.807) is 6.26 Å². The highest BCUT2D eigenvalue weighted by Gasteiger charge is 2.20. The van der Waals surface area contributed by atoms with Crippen molar-refractivity contribution >= 4 is 5.96 Å². The zero-order valence-corrected chi connectivity index (χ0v) is 17.6. The van der Waals surface area contributed by atoms with Gasteiger partial charge in [0.1, 0.15) is 6.26 Å². The molecule has 28 heavy (non-hydrogen) atoms. The topological polar surface area (TPSA) is 56.9 Å². The monoisotopic (exact) mass is 383 g/mol. The molecule has 0 bridgehead atoms. The molecule has 1 saturated heterocycles. The van der Waals surface area contributed by atoms with E-state index in [-0.39, 0.29) is 5.41 Å². The molecule has 0 unspecified atom stereocenters. The van der Waals surface area contributed by atoms with Gasteiger partial charge in [-0.25, -0.2) is 0 Å².